The molecule has 3 aromatic rings. The number of rotatable bonds is 5. The van der Waals surface area contributed by atoms with Gasteiger partial charge in [0.1, 0.15) is 0 Å². The first kappa shape index (κ1) is 19.1. The van der Waals surface area contributed by atoms with Crippen LogP contribution in [0.2, 0.25) is 0 Å². The Bertz CT molecular complexity index is 1080. The van der Waals surface area contributed by atoms with Crippen molar-refractivity contribution in [1.29, 1.82) is 0 Å². The number of nitrogens with one attached hydrogen (secondary N) is 2. The minimum absolute atomic E-state index is 0.356. The maximum atomic E-state index is 12.7. The van der Waals surface area contributed by atoms with Gasteiger partial charge in [-0.05, 0) is 80.6 Å². The molecule has 0 radical (unpaired) electrons. The Kier molecular flexibility index (Phi) is 5.28. The first-order chi connectivity index (χ1) is 12.2. The molecule has 26 heavy (non-hydrogen) atoms. The van der Waals surface area contributed by atoms with Crippen LogP contribution in [0.15, 0.2) is 39.7 Å². The standard InChI is InChI=1S/C20H23BrN2O2S/c1-12-5-8-20(14(3)13(12)2)26(24,25)22-10-9-17-15(4)23-19-7-6-16(21)11-18(17)19/h5-8,11,22-23H,9-10H2,1-4H3. The van der Waals surface area contributed by atoms with E-state index >= 15 is 0 Å². The Hall–Kier alpha value is -1.63. The molecule has 0 spiro atoms. The van der Waals surface area contributed by atoms with Crippen LogP contribution in [0.1, 0.15) is 27.9 Å². The molecule has 0 aliphatic rings. The lowest BCUT2D eigenvalue weighted by atomic mass is 10.1. The lowest BCUT2D eigenvalue weighted by Gasteiger charge is -2.13. The van der Waals surface area contributed by atoms with Gasteiger partial charge in [-0.25, -0.2) is 13.1 Å². The number of hydrogen-bond donors (Lipinski definition) is 2. The predicted octanol–water partition coefficient (Wildman–Crippen LogP) is 4.69. The van der Waals surface area contributed by atoms with Crippen LogP contribution in [0.3, 0.4) is 0 Å². The Balaban J connectivity index is 1.81. The van der Waals surface area contributed by atoms with Crippen molar-refractivity contribution in [3.63, 3.8) is 0 Å². The quantitative estimate of drug-likeness (QED) is 0.611. The Labute approximate surface area is 163 Å². The van der Waals surface area contributed by atoms with Gasteiger partial charge in [-0.15, -0.1) is 0 Å². The summed E-state index contributed by atoms with van der Waals surface area (Å²) in [5, 5.41) is 1.12. The van der Waals surface area contributed by atoms with Crippen molar-refractivity contribution >= 4 is 36.9 Å². The SMILES string of the molecule is Cc1ccc(S(=O)(=O)NCCc2c(C)[nH]c3ccc(Br)cc23)c(C)c1C. The van der Waals surface area contributed by atoms with Crippen molar-refractivity contribution in [3.05, 3.63) is 62.8 Å². The van der Waals surface area contributed by atoms with E-state index in [2.05, 4.69) is 31.7 Å². The van der Waals surface area contributed by atoms with E-state index in [0.717, 1.165) is 43.3 Å². The van der Waals surface area contributed by atoms with E-state index in [0.29, 0.717) is 17.9 Å². The normalized spacial score (nSPS) is 12.0. The third-order valence-corrected chi connectivity index (χ3v) is 7.15. The van der Waals surface area contributed by atoms with Crippen LogP contribution in [0, 0.1) is 27.7 Å². The van der Waals surface area contributed by atoms with Crippen molar-refractivity contribution in [2.45, 2.75) is 39.0 Å². The molecule has 3 rings (SSSR count). The van der Waals surface area contributed by atoms with Crippen molar-refractivity contribution in [2.75, 3.05) is 6.54 Å². The molecule has 1 aromatic heterocycles. The molecule has 1 heterocycles. The number of aromatic nitrogens is 1. The third kappa shape index (κ3) is 3.59. The fourth-order valence-corrected chi connectivity index (χ4v) is 4.98. The molecule has 0 saturated heterocycles. The summed E-state index contributed by atoms with van der Waals surface area (Å²) in [5.74, 6) is 0. The fraction of sp³-hybridized carbons (Fsp3) is 0.300. The summed E-state index contributed by atoms with van der Waals surface area (Å²) >= 11 is 3.50. The zero-order valence-corrected chi connectivity index (χ0v) is 17.8. The van der Waals surface area contributed by atoms with Gasteiger partial charge in [0.2, 0.25) is 10.0 Å². The lowest BCUT2D eigenvalue weighted by Crippen LogP contribution is -2.27. The minimum Gasteiger partial charge on any atom is -0.358 e. The number of benzene rings is 2. The van der Waals surface area contributed by atoms with Gasteiger partial charge in [0.15, 0.2) is 0 Å². The average Bonchev–Trinajstić information content (AvgIpc) is 2.87. The molecular formula is C20H23BrN2O2S. The molecule has 0 atom stereocenters. The molecule has 4 nitrogen and oxygen atoms in total. The number of aryl methyl sites for hydroxylation is 2. The van der Waals surface area contributed by atoms with E-state index in [9.17, 15) is 8.42 Å². The second kappa shape index (κ2) is 7.18. The van der Waals surface area contributed by atoms with Crippen molar-refractivity contribution < 1.29 is 8.42 Å². The van der Waals surface area contributed by atoms with Crippen LogP contribution in [0.25, 0.3) is 10.9 Å². The van der Waals surface area contributed by atoms with Gasteiger partial charge in [0.25, 0.3) is 0 Å². The van der Waals surface area contributed by atoms with Crippen molar-refractivity contribution in [2.24, 2.45) is 0 Å². The molecule has 2 aromatic carbocycles. The van der Waals surface area contributed by atoms with Gasteiger partial charge in [-0.1, -0.05) is 22.0 Å². The van der Waals surface area contributed by atoms with Crippen LogP contribution >= 0.6 is 15.9 Å². The molecule has 138 valence electrons. The van der Waals surface area contributed by atoms with E-state index in [-0.39, 0.29) is 0 Å². The van der Waals surface area contributed by atoms with Crippen LogP contribution in [0.5, 0.6) is 0 Å². The van der Waals surface area contributed by atoms with Crippen LogP contribution in [0.4, 0.5) is 0 Å². The number of fused-ring (bicyclic) bond motifs is 1. The van der Waals surface area contributed by atoms with E-state index in [1.54, 1.807) is 6.07 Å². The maximum Gasteiger partial charge on any atom is 0.240 e. The second-order valence-corrected chi connectivity index (χ2v) is 9.35. The largest absolute Gasteiger partial charge is 0.358 e. The van der Waals surface area contributed by atoms with Gasteiger partial charge < -0.3 is 4.98 Å². The molecule has 0 bridgehead atoms. The highest BCUT2D eigenvalue weighted by Gasteiger charge is 2.18. The first-order valence-electron chi connectivity index (χ1n) is 8.54. The van der Waals surface area contributed by atoms with E-state index in [1.807, 2.05) is 45.9 Å². The molecule has 2 N–H and O–H groups in total. The topological polar surface area (TPSA) is 62.0 Å². The minimum atomic E-state index is -3.53. The number of aromatic amines is 1. The maximum absolute atomic E-state index is 12.7. The Morgan fingerprint density at radius 1 is 1.04 bits per heavy atom. The van der Waals surface area contributed by atoms with Gasteiger partial charge in [-0.2, -0.15) is 0 Å². The number of H-pyrrole nitrogens is 1. The summed E-state index contributed by atoms with van der Waals surface area (Å²) in [5.41, 5.74) is 6.20. The molecule has 0 saturated carbocycles. The predicted molar refractivity (Wildman–Crippen MR) is 110 cm³/mol. The monoisotopic (exact) mass is 434 g/mol. The van der Waals surface area contributed by atoms with Crippen molar-refractivity contribution in [3.8, 4) is 0 Å². The second-order valence-electron chi connectivity index (χ2n) is 6.70. The highest BCUT2D eigenvalue weighted by molar-refractivity contribution is 9.10. The Morgan fingerprint density at radius 2 is 1.77 bits per heavy atom. The molecule has 0 aliphatic carbocycles. The van der Waals surface area contributed by atoms with Gasteiger partial charge in [0.05, 0.1) is 4.90 Å². The highest BCUT2D eigenvalue weighted by Crippen LogP contribution is 2.26. The Morgan fingerprint density at radius 3 is 2.50 bits per heavy atom. The molecule has 6 heteroatoms. The molecule has 0 fully saturated rings. The van der Waals surface area contributed by atoms with Crippen LogP contribution in [-0.2, 0) is 16.4 Å². The zero-order chi connectivity index (χ0) is 19.1. The van der Waals surface area contributed by atoms with Gasteiger partial charge in [-0.3, -0.25) is 0 Å². The van der Waals surface area contributed by atoms with Crippen LogP contribution < -0.4 is 4.72 Å². The summed E-state index contributed by atoms with van der Waals surface area (Å²) < 4.78 is 29.2. The van der Waals surface area contributed by atoms with E-state index in [1.165, 1.54) is 0 Å². The smallest absolute Gasteiger partial charge is 0.240 e. The average molecular weight is 435 g/mol. The summed E-state index contributed by atoms with van der Waals surface area (Å²) in [6.07, 6.45) is 0.630. The molecular weight excluding hydrogens is 412 g/mol. The first-order valence-corrected chi connectivity index (χ1v) is 10.8. The number of halogens is 1. The number of hydrogen-bond acceptors (Lipinski definition) is 2. The molecule has 0 amide bonds. The van der Waals surface area contributed by atoms with Gasteiger partial charge in [0, 0.05) is 27.6 Å². The summed E-state index contributed by atoms with van der Waals surface area (Å²) in [7, 11) is -3.53. The van der Waals surface area contributed by atoms with E-state index in [4.69, 9.17) is 0 Å². The number of sulfonamides is 1. The van der Waals surface area contributed by atoms with Gasteiger partial charge >= 0.3 is 0 Å². The molecule has 0 aliphatic heterocycles. The summed E-state index contributed by atoms with van der Waals surface area (Å²) in [4.78, 5) is 3.72. The third-order valence-electron chi connectivity index (χ3n) is 5.05. The zero-order valence-electron chi connectivity index (χ0n) is 15.4. The highest BCUT2D eigenvalue weighted by atomic mass is 79.9. The summed E-state index contributed by atoms with van der Waals surface area (Å²) in [6, 6.07) is 9.63. The summed E-state index contributed by atoms with van der Waals surface area (Å²) in [6.45, 7) is 8.18. The fourth-order valence-electron chi connectivity index (χ4n) is 3.29. The molecule has 0 unspecified atom stereocenters. The van der Waals surface area contributed by atoms with Crippen LogP contribution in [-0.4, -0.2) is 19.9 Å². The lowest BCUT2D eigenvalue weighted by molar-refractivity contribution is 0.581. The van der Waals surface area contributed by atoms with Crippen molar-refractivity contribution in [1.82, 2.24) is 9.71 Å². The van der Waals surface area contributed by atoms with E-state index < -0.39 is 10.0 Å².